The van der Waals surface area contributed by atoms with Crippen molar-refractivity contribution in [2.75, 3.05) is 31.9 Å². The number of para-hydroxylation sites is 1. The summed E-state index contributed by atoms with van der Waals surface area (Å²) in [6.45, 7) is 3.25. The van der Waals surface area contributed by atoms with Crippen LogP contribution in [0.1, 0.15) is 23.4 Å². The molecule has 2 heterocycles. The first-order chi connectivity index (χ1) is 16.4. The number of thioether (sulfide) groups is 1. The van der Waals surface area contributed by atoms with Gasteiger partial charge in [0, 0.05) is 31.9 Å². The number of aromatic nitrogens is 3. The number of sulfonamides is 1. The van der Waals surface area contributed by atoms with Crippen LogP contribution in [0.3, 0.4) is 0 Å². The molecule has 0 radical (unpaired) electrons. The van der Waals surface area contributed by atoms with Crippen LogP contribution in [0.25, 0.3) is 5.69 Å². The number of aryl methyl sites for hydroxylation is 3. The minimum absolute atomic E-state index is 0.0279. The predicted molar refractivity (Wildman–Crippen MR) is 131 cm³/mol. The summed E-state index contributed by atoms with van der Waals surface area (Å²) in [7, 11) is -3.55. The lowest BCUT2D eigenvalue weighted by Gasteiger charge is -2.34. The zero-order valence-electron chi connectivity index (χ0n) is 19.1. The third kappa shape index (κ3) is 4.49. The average Bonchev–Trinajstić information content (AvgIpc) is 3.48. The molecule has 0 unspecified atom stereocenters. The van der Waals surface area contributed by atoms with E-state index >= 15 is 0 Å². The highest BCUT2D eigenvalue weighted by Crippen LogP contribution is 2.27. The van der Waals surface area contributed by atoms with E-state index in [9.17, 15) is 13.2 Å². The van der Waals surface area contributed by atoms with Gasteiger partial charge in [-0.05, 0) is 61.6 Å². The summed E-state index contributed by atoms with van der Waals surface area (Å²) in [5, 5.41) is 9.06. The second-order valence-electron chi connectivity index (χ2n) is 8.56. The number of rotatable bonds is 6. The van der Waals surface area contributed by atoms with E-state index in [0.717, 1.165) is 36.3 Å². The molecule has 8 nitrogen and oxygen atoms in total. The molecular weight excluding hydrogens is 470 g/mol. The Hall–Kier alpha value is -2.69. The summed E-state index contributed by atoms with van der Waals surface area (Å²) < 4.78 is 29.7. The van der Waals surface area contributed by atoms with Crippen LogP contribution in [0.5, 0.6) is 0 Å². The lowest BCUT2D eigenvalue weighted by molar-refractivity contribution is -0.129. The summed E-state index contributed by atoms with van der Waals surface area (Å²) in [5.41, 5.74) is 3.35. The Labute approximate surface area is 204 Å². The number of nitrogens with zero attached hydrogens (tertiary/aromatic N) is 5. The molecule has 1 aromatic heterocycles. The highest BCUT2D eigenvalue weighted by atomic mass is 32.2. The number of carbonyl (C=O) groups is 1. The van der Waals surface area contributed by atoms with E-state index in [4.69, 9.17) is 0 Å². The van der Waals surface area contributed by atoms with Crippen molar-refractivity contribution in [3.63, 3.8) is 0 Å². The van der Waals surface area contributed by atoms with Gasteiger partial charge in [-0.25, -0.2) is 8.42 Å². The second kappa shape index (κ2) is 9.52. The first-order valence-corrected chi connectivity index (χ1v) is 13.9. The number of hydrogen-bond donors (Lipinski definition) is 0. The Morgan fingerprint density at radius 1 is 0.971 bits per heavy atom. The monoisotopic (exact) mass is 497 g/mol. The first kappa shape index (κ1) is 23.1. The van der Waals surface area contributed by atoms with Crippen LogP contribution >= 0.6 is 11.8 Å². The molecule has 0 spiro atoms. The number of piperazine rings is 1. The van der Waals surface area contributed by atoms with Gasteiger partial charge in [-0.15, -0.1) is 10.2 Å². The van der Waals surface area contributed by atoms with E-state index in [1.165, 1.54) is 21.6 Å². The van der Waals surface area contributed by atoms with Gasteiger partial charge >= 0.3 is 0 Å². The van der Waals surface area contributed by atoms with Crippen molar-refractivity contribution in [2.24, 2.45) is 0 Å². The third-order valence-electron chi connectivity index (χ3n) is 6.43. The summed E-state index contributed by atoms with van der Waals surface area (Å²) in [5.74, 6) is 0.953. The predicted octanol–water partition coefficient (Wildman–Crippen LogP) is 2.69. The van der Waals surface area contributed by atoms with Crippen LogP contribution in [0.4, 0.5) is 0 Å². The molecule has 1 fully saturated rings. The zero-order chi connectivity index (χ0) is 23.7. The smallest absolute Gasteiger partial charge is 0.243 e. The van der Waals surface area contributed by atoms with Crippen LogP contribution in [-0.4, -0.2) is 70.2 Å². The van der Waals surface area contributed by atoms with Gasteiger partial charge in [0.15, 0.2) is 5.16 Å². The molecular formula is C24H27N5O3S2. The van der Waals surface area contributed by atoms with Gasteiger partial charge in [-0.2, -0.15) is 4.31 Å². The second-order valence-corrected chi connectivity index (χ2v) is 11.4. The Morgan fingerprint density at radius 3 is 2.47 bits per heavy atom. The molecule has 0 saturated carbocycles. The largest absolute Gasteiger partial charge is 0.339 e. The summed E-state index contributed by atoms with van der Waals surface area (Å²) in [6, 6.07) is 15.3. The topological polar surface area (TPSA) is 88.4 Å². The van der Waals surface area contributed by atoms with Crippen LogP contribution in [0.2, 0.25) is 0 Å². The van der Waals surface area contributed by atoms with Crippen molar-refractivity contribution in [3.05, 3.63) is 65.5 Å². The molecule has 0 N–H and O–H groups in total. The normalized spacial score (nSPS) is 16.6. The number of amides is 1. The fraction of sp³-hybridized carbons (Fsp3) is 0.375. The Balaban J connectivity index is 1.19. The first-order valence-electron chi connectivity index (χ1n) is 11.4. The molecule has 178 valence electrons. The minimum Gasteiger partial charge on any atom is -0.339 e. The van der Waals surface area contributed by atoms with Gasteiger partial charge in [0.25, 0.3) is 0 Å². The van der Waals surface area contributed by atoms with Crippen molar-refractivity contribution in [1.29, 1.82) is 0 Å². The fourth-order valence-electron chi connectivity index (χ4n) is 4.56. The van der Waals surface area contributed by atoms with Gasteiger partial charge in [0.1, 0.15) is 5.82 Å². The molecule has 0 bridgehead atoms. The van der Waals surface area contributed by atoms with Crippen LogP contribution < -0.4 is 0 Å². The lowest BCUT2D eigenvalue weighted by Crippen LogP contribution is -2.51. The van der Waals surface area contributed by atoms with E-state index in [1.54, 1.807) is 11.0 Å². The van der Waals surface area contributed by atoms with Crippen molar-refractivity contribution in [2.45, 2.75) is 36.2 Å². The van der Waals surface area contributed by atoms with E-state index in [2.05, 4.69) is 10.2 Å². The van der Waals surface area contributed by atoms with E-state index in [0.29, 0.717) is 36.2 Å². The van der Waals surface area contributed by atoms with E-state index in [1.807, 2.05) is 54.0 Å². The van der Waals surface area contributed by atoms with Crippen molar-refractivity contribution in [3.8, 4) is 5.69 Å². The maximum atomic E-state index is 13.1. The molecule has 2 aromatic carbocycles. The quantitative estimate of drug-likeness (QED) is 0.487. The summed E-state index contributed by atoms with van der Waals surface area (Å²) in [6.07, 6.45) is 3.05. The third-order valence-corrected chi connectivity index (χ3v) is 9.24. The molecule has 1 aliphatic heterocycles. The lowest BCUT2D eigenvalue weighted by atomic mass is 10.1. The highest BCUT2D eigenvalue weighted by molar-refractivity contribution is 7.99. The van der Waals surface area contributed by atoms with Crippen LogP contribution in [-0.2, 0) is 27.7 Å². The zero-order valence-corrected chi connectivity index (χ0v) is 20.7. The van der Waals surface area contributed by atoms with Crippen molar-refractivity contribution >= 4 is 27.7 Å². The molecule has 1 saturated heterocycles. The minimum atomic E-state index is -3.55. The maximum Gasteiger partial charge on any atom is 0.243 e. The van der Waals surface area contributed by atoms with Gasteiger partial charge in [0.2, 0.25) is 15.9 Å². The SMILES string of the molecule is Cc1nnc(SCC(=O)N2CCN(S(=O)(=O)c3ccc4c(c3)CCC4)CC2)n1-c1ccccc1. The van der Waals surface area contributed by atoms with E-state index in [-0.39, 0.29) is 11.7 Å². The van der Waals surface area contributed by atoms with Gasteiger partial charge in [0.05, 0.1) is 10.6 Å². The molecule has 1 aliphatic carbocycles. The van der Waals surface area contributed by atoms with Gasteiger partial charge in [-0.1, -0.05) is 36.0 Å². The maximum absolute atomic E-state index is 13.1. The number of hydrogen-bond acceptors (Lipinski definition) is 6. The van der Waals surface area contributed by atoms with E-state index < -0.39 is 10.0 Å². The van der Waals surface area contributed by atoms with Crippen LogP contribution in [0, 0.1) is 6.92 Å². The van der Waals surface area contributed by atoms with Crippen molar-refractivity contribution < 1.29 is 13.2 Å². The average molecular weight is 498 g/mol. The van der Waals surface area contributed by atoms with Gasteiger partial charge in [-0.3, -0.25) is 9.36 Å². The molecule has 0 atom stereocenters. The molecule has 2 aliphatic rings. The highest BCUT2D eigenvalue weighted by Gasteiger charge is 2.31. The number of benzene rings is 2. The molecule has 10 heteroatoms. The van der Waals surface area contributed by atoms with Gasteiger partial charge < -0.3 is 4.90 Å². The Kier molecular flexibility index (Phi) is 6.46. The number of fused-ring (bicyclic) bond motifs is 1. The molecule has 34 heavy (non-hydrogen) atoms. The molecule has 5 rings (SSSR count). The molecule has 3 aromatic rings. The fourth-order valence-corrected chi connectivity index (χ4v) is 6.94. The standard InChI is InChI=1S/C24H27N5O3S2/c1-18-25-26-24(29(18)21-8-3-2-4-9-21)33-17-23(30)27-12-14-28(15-13-27)34(31,32)22-11-10-19-6-5-7-20(19)16-22/h2-4,8-11,16H,5-7,12-15,17H2,1H3. The summed E-state index contributed by atoms with van der Waals surface area (Å²) >= 11 is 1.35. The van der Waals surface area contributed by atoms with Crippen LogP contribution in [0.15, 0.2) is 58.6 Å². The Bertz CT molecular complexity index is 1300. The van der Waals surface area contributed by atoms with Crippen molar-refractivity contribution in [1.82, 2.24) is 24.0 Å². The summed E-state index contributed by atoms with van der Waals surface area (Å²) in [4.78, 5) is 15.0. The Morgan fingerprint density at radius 2 is 1.71 bits per heavy atom. The molecule has 1 amide bonds. The number of carbonyl (C=O) groups excluding carboxylic acids is 1.